The normalized spacial score (nSPS) is 17.3. The van der Waals surface area contributed by atoms with Gasteiger partial charge < -0.3 is 25.4 Å². The average molecular weight is 676 g/mol. The van der Waals surface area contributed by atoms with Crippen LogP contribution in [0.2, 0.25) is 10.0 Å². The van der Waals surface area contributed by atoms with Gasteiger partial charge in [0.25, 0.3) is 0 Å². The highest BCUT2D eigenvalue weighted by molar-refractivity contribution is 6.39. The molecule has 0 aliphatic carbocycles. The summed E-state index contributed by atoms with van der Waals surface area (Å²) in [5.74, 6) is 0.616. The number of amides is 1. The van der Waals surface area contributed by atoms with Gasteiger partial charge in [0.1, 0.15) is 0 Å². The number of hydrogen-bond acceptors (Lipinski definition) is 8. The standard InChI is InChI=1S/C36H40Cl2N6O3/c1-22(45)20-44-16-15-43(2)31-17-23(7-8-25(31)21-44)35-34(38)28(13-14-40-35)27-5-4-6-29(33(27)37)30-11-9-24(36(42-30)47-3)18-39-19-26-10-12-32(46)41-26/h4-9,11,13-14,17,22,26,39,45H,10,12,15-16,18-21H2,1-3H3,(H,41,46)/t22-,26+/m0/s1. The third-order valence-corrected chi connectivity index (χ3v) is 9.61. The number of methoxy groups -OCH3 is 1. The van der Waals surface area contributed by atoms with Crippen LogP contribution in [0.4, 0.5) is 5.69 Å². The molecule has 1 fully saturated rings. The number of rotatable bonds is 10. The average Bonchev–Trinajstić information content (AvgIpc) is 3.41. The molecule has 1 saturated heterocycles. The zero-order valence-electron chi connectivity index (χ0n) is 26.9. The predicted molar refractivity (Wildman–Crippen MR) is 188 cm³/mol. The van der Waals surface area contributed by atoms with E-state index in [0.29, 0.717) is 53.4 Å². The van der Waals surface area contributed by atoms with E-state index in [2.05, 4.69) is 50.7 Å². The number of nitrogens with one attached hydrogen (secondary N) is 2. The first-order valence-corrected chi connectivity index (χ1v) is 16.7. The van der Waals surface area contributed by atoms with Crippen LogP contribution in [0, 0.1) is 0 Å². The number of nitrogens with zero attached hydrogens (tertiary/aromatic N) is 4. The molecule has 2 aliphatic heterocycles. The molecule has 3 N–H and O–H groups in total. The molecule has 1 amide bonds. The number of β-amino-alcohol motifs (C(OH)–C–C–N with tert-alkyl or cyclic N) is 1. The van der Waals surface area contributed by atoms with Crippen LogP contribution in [-0.2, 0) is 17.9 Å². The maximum atomic E-state index is 11.5. The number of benzene rings is 2. The number of fused-ring (bicyclic) bond motifs is 1. The van der Waals surface area contributed by atoms with Crippen molar-refractivity contribution in [1.82, 2.24) is 25.5 Å². The maximum Gasteiger partial charge on any atom is 0.220 e. The second kappa shape index (κ2) is 14.6. The van der Waals surface area contributed by atoms with Gasteiger partial charge in [-0.1, -0.05) is 59.6 Å². The van der Waals surface area contributed by atoms with E-state index in [-0.39, 0.29) is 18.1 Å². The molecule has 2 atom stereocenters. The van der Waals surface area contributed by atoms with Crippen LogP contribution in [-0.4, -0.2) is 78.4 Å². The first-order valence-electron chi connectivity index (χ1n) is 15.9. The molecule has 0 bridgehead atoms. The first kappa shape index (κ1) is 33.2. The Morgan fingerprint density at radius 3 is 2.66 bits per heavy atom. The number of carbonyl (C=O) groups is 1. The Balaban J connectivity index is 1.26. The molecular formula is C36H40Cl2N6O3. The molecule has 2 aromatic heterocycles. The van der Waals surface area contributed by atoms with E-state index in [1.54, 1.807) is 13.3 Å². The van der Waals surface area contributed by atoms with Crippen LogP contribution in [0.1, 0.15) is 30.9 Å². The zero-order valence-corrected chi connectivity index (χ0v) is 28.4. The van der Waals surface area contributed by atoms with E-state index in [9.17, 15) is 9.90 Å². The summed E-state index contributed by atoms with van der Waals surface area (Å²) < 4.78 is 5.65. The quantitative estimate of drug-likeness (QED) is 0.194. The number of anilines is 1. The molecule has 2 aromatic carbocycles. The molecule has 4 heterocycles. The summed E-state index contributed by atoms with van der Waals surface area (Å²) >= 11 is 14.2. The number of aliphatic hydroxyl groups excluding tert-OH is 1. The van der Waals surface area contributed by atoms with Gasteiger partial charge in [0.2, 0.25) is 11.8 Å². The van der Waals surface area contributed by atoms with Gasteiger partial charge in [-0.15, -0.1) is 0 Å². The molecule has 0 radical (unpaired) electrons. The van der Waals surface area contributed by atoms with Gasteiger partial charge in [-0.25, -0.2) is 4.98 Å². The van der Waals surface area contributed by atoms with E-state index in [1.165, 1.54) is 5.56 Å². The third kappa shape index (κ3) is 7.40. The summed E-state index contributed by atoms with van der Waals surface area (Å²) in [4.78, 5) is 25.5. The number of halogens is 2. The molecule has 246 valence electrons. The minimum absolute atomic E-state index is 0.104. The van der Waals surface area contributed by atoms with Crippen molar-refractivity contribution in [3.8, 4) is 39.5 Å². The fourth-order valence-corrected chi connectivity index (χ4v) is 7.04. The van der Waals surface area contributed by atoms with Crippen LogP contribution in [0.3, 0.4) is 0 Å². The fraction of sp³-hybridized carbons (Fsp3) is 0.361. The van der Waals surface area contributed by atoms with Crippen molar-refractivity contribution in [3.05, 3.63) is 82.0 Å². The molecule has 47 heavy (non-hydrogen) atoms. The third-order valence-electron chi connectivity index (χ3n) is 8.82. The molecule has 0 saturated carbocycles. The lowest BCUT2D eigenvalue weighted by atomic mass is 9.98. The highest BCUT2D eigenvalue weighted by atomic mass is 35.5. The zero-order chi connectivity index (χ0) is 33.1. The molecule has 2 aliphatic rings. The van der Waals surface area contributed by atoms with Crippen molar-refractivity contribution in [2.45, 2.75) is 45.0 Å². The van der Waals surface area contributed by atoms with Crippen LogP contribution in [0.15, 0.2) is 60.8 Å². The Morgan fingerprint density at radius 2 is 1.89 bits per heavy atom. The number of pyridine rings is 2. The summed E-state index contributed by atoms with van der Waals surface area (Å²) in [5, 5.41) is 17.4. The van der Waals surface area contributed by atoms with Crippen LogP contribution < -0.4 is 20.3 Å². The van der Waals surface area contributed by atoms with Crippen LogP contribution in [0.25, 0.3) is 33.6 Å². The predicted octanol–water partition coefficient (Wildman–Crippen LogP) is 5.79. The second-order valence-electron chi connectivity index (χ2n) is 12.3. The fourth-order valence-electron chi connectivity index (χ4n) is 6.39. The van der Waals surface area contributed by atoms with Gasteiger partial charge in [-0.3, -0.25) is 14.7 Å². The Morgan fingerprint density at radius 1 is 1.09 bits per heavy atom. The number of carbonyl (C=O) groups excluding carboxylic acids is 1. The molecule has 0 spiro atoms. The van der Waals surface area contributed by atoms with Gasteiger partial charge >= 0.3 is 0 Å². The lowest BCUT2D eigenvalue weighted by Gasteiger charge is -2.21. The Bertz CT molecular complexity index is 1770. The topological polar surface area (TPSA) is 103 Å². The lowest BCUT2D eigenvalue weighted by Crippen LogP contribution is -2.35. The summed E-state index contributed by atoms with van der Waals surface area (Å²) in [6.45, 7) is 6.20. The van der Waals surface area contributed by atoms with Gasteiger partial charge in [-0.2, -0.15) is 0 Å². The monoisotopic (exact) mass is 674 g/mol. The molecule has 9 nitrogen and oxygen atoms in total. The summed E-state index contributed by atoms with van der Waals surface area (Å²) in [5.41, 5.74) is 7.85. The Kier molecular flexibility index (Phi) is 10.3. The van der Waals surface area contributed by atoms with Crippen molar-refractivity contribution in [1.29, 1.82) is 0 Å². The van der Waals surface area contributed by atoms with Crippen molar-refractivity contribution in [2.75, 3.05) is 45.2 Å². The van der Waals surface area contributed by atoms with Crippen LogP contribution in [0.5, 0.6) is 5.88 Å². The lowest BCUT2D eigenvalue weighted by molar-refractivity contribution is -0.119. The van der Waals surface area contributed by atoms with E-state index in [0.717, 1.165) is 59.6 Å². The minimum atomic E-state index is -0.379. The SMILES string of the molecule is COc1nc(-c2cccc(-c3ccnc(-c4ccc5c(c4)N(C)CCN(C[C@H](C)O)C5)c3Cl)c2Cl)ccc1CNC[C@H]1CCC(=O)N1. The largest absolute Gasteiger partial charge is 0.481 e. The minimum Gasteiger partial charge on any atom is -0.481 e. The highest BCUT2D eigenvalue weighted by Gasteiger charge is 2.23. The van der Waals surface area contributed by atoms with Gasteiger partial charge in [0.15, 0.2) is 0 Å². The van der Waals surface area contributed by atoms with Crippen molar-refractivity contribution in [3.63, 3.8) is 0 Å². The molecular weight excluding hydrogens is 635 g/mol. The molecule has 11 heteroatoms. The summed E-state index contributed by atoms with van der Waals surface area (Å²) in [6, 6.07) is 18.1. The highest BCUT2D eigenvalue weighted by Crippen LogP contribution is 2.42. The Labute approximate surface area is 285 Å². The number of ether oxygens (including phenoxy) is 1. The van der Waals surface area contributed by atoms with E-state index < -0.39 is 0 Å². The van der Waals surface area contributed by atoms with Gasteiger partial charge in [0.05, 0.1) is 34.6 Å². The summed E-state index contributed by atoms with van der Waals surface area (Å²) in [6.07, 6.45) is 2.80. The maximum absolute atomic E-state index is 11.5. The van der Waals surface area contributed by atoms with Crippen molar-refractivity contribution < 1.29 is 14.6 Å². The smallest absolute Gasteiger partial charge is 0.220 e. The number of aromatic nitrogens is 2. The molecule has 6 rings (SSSR count). The van der Waals surface area contributed by atoms with E-state index in [1.807, 2.05) is 43.3 Å². The van der Waals surface area contributed by atoms with Crippen molar-refractivity contribution in [2.24, 2.45) is 0 Å². The molecule has 0 unspecified atom stereocenters. The summed E-state index contributed by atoms with van der Waals surface area (Å²) in [7, 11) is 3.70. The van der Waals surface area contributed by atoms with E-state index in [4.69, 9.17) is 32.9 Å². The second-order valence-corrected chi connectivity index (χ2v) is 13.1. The number of aliphatic hydroxyl groups is 1. The number of hydrogen-bond donors (Lipinski definition) is 3. The molecule has 4 aromatic rings. The van der Waals surface area contributed by atoms with Crippen molar-refractivity contribution >= 4 is 34.8 Å². The van der Waals surface area contributed by atoms with Gasteiger partial charge in [0, 0.05) is 98.5 Å². The number of likely N-dealkylation sites (N-methyl/N-ethyl adjacent to an activating group) is 1. The van der Waals surface area contributed by atoms with Crippen LogP contribution >= 0.6 is 23.2 Å². The first-order chi connectivity index (χ1) is 22.7. The Hall–Kier alpha value is -3.73. The van der Waals surface area contributed by atoms with Gasteiger partial charge in [-0.05, 0) is 37.1 Å². The van der Waals surface area contributed by atoms with E-state index >= 15 is 0 Å².